The molecule has 5 heteroatoms. The van der Waals surface area contributed by atoms with Gasteiger partial charge < -0.3 is 14.3 Å². The summed E-state index contributed by atoms with van der Waals surface area (Å²) >= 11 is 0. The number of para-hydroxylation sites is 2. The number of aliphatic hydroxyl groups is 1. The van der Waals surface area contributed by atoms with Gasteiger partial charge in [0.25, 0.3) is 0 Å². The first-order valence-corrected chi connectivity index (χ1v) is 8.97. The minimum Gasteiger partial charge on any atom is -0.493 e. The summed E-state index contributed by atoms with van der Waals surface area (Å²) < 4.78 is 11.8. The Morgan fingerprint density at radius 2 is 2.00 bits per heavy atom. The normalized spacial score (nSPS) is 18.9. The number of hydrogen-bond donors (Lipinski definition) is 1. The first kappa shape index (κ1) is 16.0. The molecule has 4 aromatic rings. The van der Waals surface area contributed by atoms with Crippen LogP contribution in [0.2, 0.25) is 0 Å². The van der Waals surface area contributed by atoms with Gasteiger partial charge in [-0.2, -0.15) is 0 Å². The van der Waals surface area contributed by atoms with Crippen molar-refractivity contribution in [2.24, 2.45) is 5.92 Å². The van der Waals surface area contributed by atoms with Crippen molar-refractivity contribution in [3.8, 4) is 17.2 Å². The van der Waals surface area contributed by atoms with E-state index in [4.69, 9.17) is 9.15 Å². The first-order chi connectivity index (χ1) is 13.3. The second-order valence-electron chi connectivity index (χ2n) is 6.82. The average molecular weight is 358 g/mol. The largest absolute Gasteiger partial charge is 0.493 e. The van der Waals surface area contributed by atoms with Gasteiger partial charge in [-0.3, -0.25) is 4.98 Å². The Morgan fingerprint density at radius 3 is 2.85 bits per heavy atom. The van der Waals surface area contributed by atoms with Gasteiger partial charge >= 0.3 is 0 Å². The fourth-order valence-corrected chi connectivity index (χ4v) is 3.57. The minimum atomic E-state index is -0.613. The second kappa shape index (κ2) is 6.52. The van der Waals surface area contributed by atoms with E-state index in [0.29, 0.717) is 24.7 Å². The third-order valence-corrected chi connectivity index (χ3v) is 4.99. The lowest BCUT2D eigenvalue weighted by Crippen LogP contribution is -2.27. The summed E-state index contributed by atoms with van der Waals surface area (Å²) in [6.45, 7) is 0.477. The van der Waals surface area contributed by atoms with E-state index in [2.05, 4.69) is 9.97 Å². The molecule has 0 saturated heterocycles. The van der Waals surface area contributed by atoms with Crippen molar-refractivity contribution in [1.82, 2.24) is 9.97 Å². The van der Waals surface area contributed by atoms with Gasteiger partial charge in [-0.1, -0.05) is 18.2 Å². The highest BCUT2D eigenvalue weighted by atomic mass is 16.5. The summed E-state index contributed by atoms with van der Waals surface area (Å²) in [5.41, 5.74) is 4.25. The number of ether oxygens (including phenoxy) is 1. The lowest BCUT2D eigenvalue weighted by atomic mass is 9.88. The Hall–Kier alpha value is -3.18. The Labute approximate surface area is 156 Å². The topological polar surface area (TPSA) is 68.4 Å². The van der Waals surface area contributed by atoms with Gasteiger partial charge in [-0.15, -0.1) is 0 Å². The molecule has 5 nitrogen and oxygen atoms in total. The number of oxazole rings is 1. The predicted octanol–water partition coefficient (Wildman–Crippen LogP) is 4.17. The first-order valence-electron chi connectivity index (χ1n) is 8.97. The summed E-state index contributed by atoms with van der Waals surface area (Å²) in [7, 11) is 0. The fourth-order valence-electron chi connectivity index (χ4n) is 3.57. The van der Waals surface area contributed by atoms with E-state index in [1.807, 2.05) is 60.8 Å². The maximum Gasteiger partial charge on any atom is 0.227 e. The van der Waals surface area contributed by atoms with Crippen molar-refractivity contribution in [2.45, 2.75) is 12.5 Å². The predicted molar refractivity (Wildman–Crippen MR) is 101 cm³/mol. The number of fused-ring (bicyclic) bond motifs is 2. The Kier molecular flexibility index (Phi) is 3.87. The lowest BCUT2D eigenvalue weighted by molar-refractivity contribution is 0.0508. The molecule has 0 aliphatic carbocycles. The molecule has 134 valence electrons. The molecule has 0 bridgehead atoms. The molecule has 27 heavy (non-hydrogen) atoms. The number of benzene rings is 2. The molecule has 2 unspecified atom stereocenters. The van der Waals surface area contributed by atoms with Gasteiger partial charge in [0, 0.05) is 29.4 Å². The molecule has 3 heterocycles. The van der Waals surface area contributed by atoms with Crippen LogP contribution in [0.3, 0.4) is 0 Å². The van der Waals surface area contributed by atoms with Gasteiger partial charge in [0.1, 0.15) is 11.3 Å². The van der Waals surface area contributed by atoms with Crippen LogP contribution in [0.15, 0.2) is 71.4 Å². The highest BCUT2D eigenvalue weighted by Crippen LogP contribution is 2.39. The van der Waals surface area contributed by atoms with E-state index in [1.54, 1.807) is 6.20 Å². The van der Waals surface area contributed by atoms with Crippen molar-refractivity contribution in [1.29, 1.82) is 0 Å². The average Bonchev–Trinajstić information content (AvgIpc) is 3.15. The number of pyridine rings is 1. The zero-order valence-corrected chi connectivity index (χ0v) is 14.6. The van der Waals surface area contributed by atoms with Gasteiger partial charge in [-0.25, -0.2) is 4.98 Å². The van der Waals surface area contributed by atoms with Crippen molar-refractivity contribution < 1.29 is 14.3 Å². The molecule has 0 saturated carbocycles. The van der Waals surface area contributed by atoms with E-state index >= 15 is 0 Å². The number of nitrogens with zero attached hydrogens (tertiary/aromatic N) is 2. The monoisotopic (exact) mass is 358 g/mol. The van der Waals surface area contributed by atoms with Gasteiger partial charge in [0.2, 0.25) is 5.89 Å². The Balaban J connectivity index is 1.47. The molecule has 1 aliphatic heterocycles. The second-order valence-corrected chi connectivity index (χ2v) is 6.82. The molecule has 0 radical (unpaired) electrons. The maximum absolute atomic E-state index is 10.9. The van der Waals surface area contributed by atoms with Gasteiger partial charge in [0.05, 0.1) is 12.7 Å². The van der Waals surface area contributed by atoms with Crippen LogP contribution in [0.25, 0.3) is 22.6 Å². The lowest BCUT2D eigenvalue weighted by Gasteiger charge is -2.30. The third kappa shape index (κ3) is 2.96. The van der Waals surface area contributed by atoms with Crippen molar-refractivity contribution in [3.05, 3.63) is 78.1 Å². The molecule has 5 rings (SSSR count). The van der Waals surface area contributed by atoms with Gasteiger partial charge in [0.15, 0.2) is 5.58 Å². The maximum atomic E-state index is 10.9. The van der Waals surface area contributed by atoms with Crippen LogP contribution >= 0.6 is 0 Å². The third-order valence-electron chi connectivity index (χ3n) is 4.99. The van der Waals surface area contributed by atoms with E-state index in [1.165, 1.54) is 0 Å². The highest BCUT2D eigenvalue weighted by Gasteiger charge is 2.30. The standard InChI is InChI=1S/C22H18N2O3/c25-21-16(10-14-4-3-9-23-12-14)13-26-19-8-7-15(11-17(19)21)22-24-18-5-1-2-6-20(18)27-22/h1-9,11-12,16,21,25H,10,13H2. The summed E-state index contributed by atoms with van der Waals surface area (Å²) in [5.74, 6) is 1.23. The molecule has 0 spiro atoms. The van der Waals surface area contributed by atoms with E-state index in [9.17, 15) is 5.11 Å². The van der Waals surface area contributed by atoms with Crippen LogP contribution in [0, 0.1) is 5.92 Å². The molecular weight excluding hydrogens is 340 g/mol. The number of hydrogen-bond acceptors (Lipinski definition) is 5. The van der Waals surface area contributed by atoms with Crippen LogP contribution in [-0.2, 0) is 6.42 Å². The minimum absolute atomic E-state index is 0.0272. The summed E-state index contributed by atoms with van der Waals surface area (Å²) in [4.78, 5) is 8.70. The summed E-state index contributed by atoms with van der Waals surface area (Å²) in [5, 5.41) is 10.9. The molecule has 2 atom stereocenters. The van der Waals surface area contributed by atoms with E-state index in [0.717, 1.165) is 27.8 Å². The van der Waals surface area contributed by atoms with Crippen LogP contribution in [0.5, 0.6) is 5.75 Å². The number of rotatable bonds is 3. The van der Waals surface area contributed by atoms with Crippen LogP contribution < -0.4 is 4.74 Å². The van der Waals surface area contributed by atoms with Crippen molar-refractivity contribution in [3.63, 3.8) is 0 Å². The van der Waals surface area contributed by atoms with Crippen LogP contribution in [0.1, 0.15) is 17.2 Å². The molecule has 0 fully saturated rings. The molecule has 2 aromatic heterocycles. The molecule has 1 N–H and O–H groups in total. The molecular formula is C22H18N2O3. The van der Waals surface area contributed by atoms with Gasteiger partial charge in [-0.05, 0) is 48.4 Å². The van der Waals surface area contributed by atoms with Crippen LogP contribution in [-0.4, -0.2) is 21.7 Å². The van der Waals surface area contributed by atoms with Crippen LogP contribution in [0.4, 0.5) is 0 Å². The summed E-state index contributed by atoms with van der Waals surface area (Å²) in [6.07, 6.45) is 3.68. The molecule has 1 aliphatic rings. The summed E-state index contributed by atoms with van der Waals surface area (Å²) in [6, 6.07) is 17.3. The van der Waals surface area contributed by atoms with Crippen molar-refractivity contribution >= 4 is 11.1 Å². The fraction of sp³-hybridized carbons (Fsp3) is 0.182. The van der Waals surface area contributed by atoms with E-state index < -0.39 is 6.10 Å². The molecule has 2 aromatic carbocycles. The zero-order chi connectivity index (χ0) is 18.2. The zero-order valence-electron chi connectivity index (χ0n) is 14.6. The highest BCUT2D eigenvalue weighted by molar-refractivity contribution is 5.76. The Morgan fingerprint density at radius 1 is 1.07 bits per heavy atom. The van der Waals surface area contributed by atoms with E-state index in [-0.39, 0.29) is 5.92 Å². The quantitative estimate of drug-likeness (QED) is 0.595. The SMILES string of the molecule is OC1c2cc(-c3nc4ccccc4o3)ccc2OCC1Cc1cccnc1. The number of aromatic nitrogens is 2. The Bertz CT molecular complexity index is 1060. The number of aliphatic hydroxyl groups excluding tert-OH is 1. The molecule has 0 amide bonds. The smallest absolute Gasteiger partial charge is 0.227 e. The van der Waals surface area contributed by atoms with Crippen molar-refractivity contribution in [2.75, 3.05) is 6.61 Å².